The van der Waals surface area contributed by atoms with Crippen molar-refractivity contribution in [3.8, 4) is 11.5 Å². The fourth-order valence-corrected chi connectivity index (χ4v) is 4.76. The van der Waals surface area contributed by atoms with Gasteiger partial charge in [0, 0.05) is 31.2 Å². The van der Waals surface area contributed by atoms with E-state index in [4.69, 9.17) is 21.1 Å². The molecule has 1 amide bonds. The van der Waals surface area contributed by atoms with Crippen molar-refractivity contribution in [1.82, 2.24) is 9.21 Å². The van der Waals surface area contributed by atoms with Gasteiger partial charge in [-0.15, -0.1) is 0 Å². The molecule has 156 valence electrons. The zero-order chi connectivity index (χ0) is 21.0. The summed E-state index contributed by atoms with van der Waals surface area (Å²) in [7, 11) is -0.496. The quantitative estimate of drug-likeness (QED) is 0.692. The summed E-state index contributed by atoms with van der Waals surface area (Å²) in [5.74, 6) is 1.11. The van der Waals surface area contributed by atoms with Crippen LogP contribution in [0.2, 0.25) is 5.02 Å². The van der Waals surface area contributed by atoms with Crippen molar-refractivity contribution in [2.45, 2.75) is 11.3 Å². The lowest BCUT2D eigenvalue weighted by Gasteiger charge is -2.34. The molecule has 0 radical (unpaired) electrons. The summed E-state index contributed by atoms with van der Waals surface area (Å²) in [6.07, 6.45) is 0.213. The average Bonchev–Trinajstić information content (AvgIpc) is 2.74. The molecule has 2 aromatic carbocycles. The van der Waals surface area contributed by atoms with Gasteiger partial charge in [-0.1, -0.05) is 17.7 Å². The van der Waals surface area contributed by atoms with E-state index in [1.54, 1.807) is 43.4 Å². The highest BCUT2D eigenvalue weighted by molar-refractivity contribution is 7.89. The minimum atomic E-state index is -3.60. The molecular weight excluding hydrogens is 416 g/mol. The minimum Gasteiger partial charge on any atom is -0.493 e. The molecule has 0 N–H and O–H groups in total. The van der Waals surface area contributed by atoms with Crippen molar-refractivity contribution in [3.05, 3.63) is 53.1 Å². The van der Waals surface area contributed by atoms with Crippen molar-refractivity contribution >= 4 is 27.5 Å². The van der Waals surface area contributed by atoms with Gasteiger partial charge in [-0.3, -0.25) is 4.79 Å². The molecule has 0 saturated carbocycles. The number of carbonyl (C=O) groups is 1. The Labute approximate surface area is 175 Å². The van der Waals surface area contributed by atoms with E-state index in [2.05, 4.69) is 0 Å². The fourth-order valence-electron chi connectivity index (χ4n) is 3.21. The summed E-state index contributed by atoms with van der Waals surface area (Å²) < 4.78 is 37.4. The molecule has 1 heterocycles. The zero-order valence-electron chi connectivity index (χ0n) is 16.3. The van der Waals surface area contributed by atoms with Crippen molar-refractivity contribution in [3.63, 3.8) is 0 Å². The van der Waals surface area contributed by atoms with E-state index in [-0.39, 0.29) is 30.3 Å². The third kappa shape index (κ3) is 4.83. The number of hydrogen-bond donors (Lipinski definition) is 0. The number of piperazine rings is 1. The number of halogens is 1. The monoisotopic (exact) mass is 438 g/mol. The summed E-state index contributed by atoms with van der Waals surface area (Å²) in [6, 6.07) is 11.4. The largest absolute Gasteiger partial charge is 0.493 e. The highest BCUT2D eigenvalue weighted by atomic mass is 35.5. The topological polar surface area (TPSA) is 76.2 Å². The number of carbonyl (C=O) groups excluding carboxylic acids is 1. The zero-order valence-corrected chi connectivity index (χ0v) is 17.9. The summed E-state index contributed by atoms with van der Waals surface area (Å²) in [4.78, 5) is 14.5. The number of nitrogens with zero attached hydrogens (tertiary/aromatic N) is 2. The van der Waals surface area contributed by atoms with Crippen LogP contribution in [-0.4, -0.2) is 63.9 Å². The number of amides is 1. The van der Waals surface area contributed by atoms with Crippen LogP contribution in [0.3, 0.4) is 0 Å². The lowest BCUT2D eigenvalue weighted by molar-refractivity contribution is -0.131. The van der Waals surface area contributed by atoms with E-state index in [9.17, 15) is 13.2 Å². The van der Waals surface area contributed by atoms with E-state index >= 15 is 0 Å². The second-order valence-corrected chi connectivity index (χ2v) is 8.98. The van der Waals surface area contributed by atoms with E-state index in [1.807, 2.05) is 6.07 Å². The van der Waals surface area contributed by atoms with Gasteiger partial charge in [-0.2, -0.15) is 4.31 Å². The van der Waals surface area contributed by atoms with Crippen LogP contribution in [0.4, 0.5) is 0 Å². The van der Waals surface area contributed by atoms with Crippen LogP contribution < -0.4 is 9.47 Å². The summed E-state index contributed by atoms with van der Waals surface area (Å²) in [6.45, 7) is 1.20. The van der Waals surface area contributed by atoms with Crippen LogP contribution in [-0.2, 0) is 21.2 Å². The second-order valence-electron chi connectivity index (χ2n) is 6.60. The van der Waals surface area contributed by atoms with Gasteiger partial charge in [0.25, 0.3) is 0 Å². The molecule has 3 rings (SSSR count). The van der Waals surface area contributed by atoms with Crippen molar-refractivity contribution in [2.24, 2.45) is 0 Å². The molecule has 0 aromatic heterocycles. The lowest BCUT2D eigenvalue weighted by Crippen LogP contribution is -2.50. The van der Waals surface area contributed by atoms with Gasteiger partial charge in [0.2, 0.25) is 15.9 Å². The molecule has 0 aliphatic carbocycles. The van der Waals surface area contributed by atoms with Crippen LogP contribution in [0, 0.1) is 0 Å². The maximum absolute atomic E-state index is 12.8. The summed E-state index contributed by atoms with van der Waals surface area (Å²) in [5.41, 5.74) is 0.809. The molecule has 9 heteroatoms. The maximum Gasteiger partial charge on any atom is 0.243 e. The standard InChI is InChI=1S/C20H23ClN2O5S/c1-27-18-8-3-15(13-19(18)28-2)14-20(24)22-9-11-23(12-10-22)29(25,26)17-6-4-16(21)5-7-17/h3-8,13H,9-12,14H2,1-2H3. The third-order valence-electron chi connectivity index (χ3n) is 4.85. The smallest absolute Gasteiger partial charge is 0.243 e. The maximum atomic E-state index is 12.8. The van der Waals surface area contributed by atoms with Gasteiger partial charge in [0.1, 0.15) is 0 Å². The van der Waals surface area contributed by atoms with Gasteiger partial charge in [0.05, 0.1) is 25.5 Å². The molecule has 1 aliphatic heterocycles. The van der Waals surface area contributed by atoms with Crippen LogP contribution in [0.1, 0.15) is 5.56 Å². The highest BCUT2D eigenvalue weighted by Crippen LogP contribution is 2.28. The predicted octanol–water partition coefficient (Wildman–Crippen LogP) is 2.43. The molecule has 2 aromatic rings. The van der Waals surface area contributed by atoms with Gasteiger partial charge in [0.15, 0.2) is 11.5 Å². The molecule has 1 saturated heterocycles. The Morgan fingerprint density at radius 2 is 1.59 bits per heavy atom. The molecule has 7 nitrogen and oxygen atoms in total. The molecule has 0 atom stereocenters. The minimum absolute atomic E-state index is 0.0549. The summed E-state index contributed by atoms with van der Waals surface area (Å²) >= 11 is 5.84. The van der Waals surface area contributed by atoms with Gasteiger partial charge in [-0.05, 0) is 42.0 Å². The molecule has 29 heavy (non-hydrogen) atoms. The Bertz CT molecular complexity index is 971. The van der Waals surface area contributed by atoms with Crippen molar-refractivity contribution in [2.75, 3.05) is 40.4 Å². The Kier molecular flexibility index (Phi) is 6.66. The van der Waals surface area contributed by atoms with Crippen LogP contribution >= 0.6 is 11.6 Å². The SMILES string of the molecule is COc1ccc(CC(=O)N2CCN(S(=O)(=O)c3ccc(Cl)cc3)CC2)cc1OC. The van der Waals surface area contributed by atoms with Crippen molar-refractivity contribution in [1.29, 1.82) is 0 Å². The number of sulfonamides is 1. The number of ether oxygens (including phenoxy) is 2. The first-order valence-corrected chi connectivity index (χ1v) is 10.9. The molecule has 0 bridgehead atoms. The molecule has 0 unspecified atom stereocenters. The predicted molar refractivity (Wildman–Crippen MR) is 110 cm³/mol. The first-order chi connectivity index (χ1) is 13.8. The Balaban J connectivity index is 1.61. The average molecular weight is 439 g/mol. The lowest BCUT2D eigenvalue weighted by atomic mass is 10.1. The third-order valence-corrected chi connectivity index (χ3v) is 7.01. The van der Waals surface area contributed by atoms with Crippen LogP contribution in [0.5, 0.6) is 11.5 Å². The first kappa shape index (κ1) is 21.4. The van der Waals surface area contributed by atoms with Crippen LogP contribution in [0.15, 0.2) is 47.4 Å². The van der Waals surface area contributed by atoms with Crippen LogP contribution in [0.25, 0.3) is 0 Å². The summed E-state index contributed by atoms with van der Waals surface area (Å²) in [5, 5.41) is 0.481. The van der Waals surface area contributed by atoms with Crippen molar-refractivity contribution < 1.29 is 22.7 Å². The molecule has 1 fully saturated rings. The Morgan fingerprint density at radius 3 is 2.17 bits per heavy atom. The van der Waals surface area contributed by atoms with Gasteiger partial charge < -0.3 is 14.4 Å². The van der Waals surface area contributed by atoms with E-state index in [0.29, 0.717) is 29.6 Å². The number of rotatable bonds is 6. The number of hydrogen-bond acceptors (Lipinski definition) is 5. The first-order valence-electron chi connectivity index (χ1n) is 9.09. The van der Waals surface area contributed by atoms with Gasteiger partial charge >= 0.3 is 0 Å². The second kappa shape index (κ2) is 9.02. The van der Waals surface area contributed by atoms with E-state index in [0.717, 1.165) is 5.56 Å². The molecular formula is C20H23ClN2O5S. The van der Waals surface area contributed by atoms with E-state index in [1.165, 1.54) is 16.4 Å². The van der Waals surface area contributed by atoms with Gasteiger partial charge in [-0.25, -0.2) is 8.42 Å². The number of benzene rings is 2. The normalized spacial score (nSPS) is 15.2. The molecule has 0 spiro atoms. The number of methoxy groups -OCH3 is 2. The Hall–Kier alpha value is -2.29. The molecule has 1 aliphatic rings. The Morgan fingerprint density at radius 1 is 0.966 bits per heavy atom. The highest BCUT2D eigenvalue weighted by Gasteiger charge is 2.30. The van der Waals surface area contributed by atoms with E-state index < -0.39 is 10.0 Å². The fraction of sp³-hybridized carbons (Fsp3) is 0.350.